The zero-order valence-electron chi connectivity index (χ0n) is 9.50. The van der Waals surface area contributed by atoms with Crippen LogP contribution in [-0.4, -0.2) is 25.8 Å². The molecule has 18 heavy (non-hydrogen) atoms. The minimum Gasteiger partial charge on any atom is -0.485 e. The molecule has 0 unspecified atom stereocenters. The van der Waals surface area contributed by atoms with Gasteiger partial charge in [0.05, 0.1) is 5.56 Å². The lowest BCUT2D eigenvalue weighted by molar-refractivity contribution is 0.0695. The summed E-state index contributed by atoms with van der Waals surface area (Å²) in [5.41, 5.74) is -0.164. The van der Waals surface area contributed by atoms with Crippen LogP contribution < -0.4 is 4.74 Å². The number of halogens is 1. The van der Waals surface area contributed by atoms with Crippen LogP contribution in [0.4, 0.5) is 4.39 Å². The van der Waals surface area contributed by atoms with Crippen molar-refractivity contribution in [2.75, 3.05) is 0 Å². The second-order valence-corrected chi connectivity index (χ2v) is 3.63. The van der Waals surface area contributed by atoms with E-state index in [1.807, 2.05) is 0 Å². The average molecular weight is 251 g/mol. The summed E-state index contributed by atoms with van der Waals surface area (Å²) in [6, 6.07) is 3.29. The molecule has 0 spiro atoms. The first kappa shape index (κ1) is 12.0. The molecule has 0 bridgehead atoms. The van der Waals surface area contributed by atoms with Crippen molar-refractivity contribution in [3.8, 4) is 5.75 Å². The fourth-order valence-electron chi connectivity index (χ4n) is 1.36. The molecule has 6 nitrogen and oxygen atoms in total. The molecule has 0 amide bonds. The topological polar surface area (TPSA) is 77.2 Å². The van der Waals surface area contributed by atoms with E-state index >= 15 is 0 Å². The highest BCUT2D eigenvalue weighted by Crippen LogP contribution is 2.17. The van der Waals surface area contributed by atoms with Crippen LogP contribution >= 0.6 is 0 Å². The zero-order valence-corrected chi connectivity index (χ0v) is 9.50. The van der Waals surface area contributed by atoms with Crippen molar-refractivity contribution in [1.29, 1.82) is 0 Å². The van der Waals surface area contributed by atoms with Crippen LogP contribution in [0.3, 0.4) is 0 Å². The fraction of sp³-hybridized carbons (Fsp3) is 0.182. The van der Waals surface area contributed by atoms with Gasteiger partial charge in [0, 0.05) is 13.1 Å². The maximum absolute atomic E-state index is 13.2. The number of carbonyl (C=O) groups is 1. The Morgan fingerprint density at radius 1 is 1.50 bits per heavy atom. The summed E-state index contributed by atoms with van der Waals surface area (Å²) in [6.45, 7) is 0.0824. The normalized spacial score (nSPS) is 10.3. The molecule has 1 heterocycles. The van der Waals surface area contributed by atoms with Gasteiger partial charge in [0.2, 0.25) is 0 Å². The summed E-state index contributed by atoms with van der Waals surface area (Å²) in [6.07, 6.45) is 1.51. The van der Waals surface area contributed by atoms with Crippen LogP contribution in [0.1, 0.15) is 16.2 Å². The first-order valence-corrected chi connectivity index (χ1v) is 5.06. The summed E-state index contributed by atoms with van der Waals surface area (Å²) in [7, 11) is 1.74. The Morgan fingerprint density at radius 2 is 2.28 bits per heavy atom. The smallest absolute Gasteiger partial charge is 0.335 e. The van der Waals surface area contributed by atoms with E-state index in [1.54, 1.807) is 11.6 Å². The second-order valence-electron chi connectivity index (χ2n) is 3.63. The molecule has 0 saturated heterocycles. The van der Waals surface area contributed by atoms with Crippen molar-refractivity contribution in [1.82, 2.24) is 14.8 Å². The number of carboxylic acid groups (broad SMARTS) is 1. The van der Waals surface area contributed by atoms with Gasteiger partial charge in [-0.15, -0.1) is 10.2 Å². The molecule has 2 rings (SSSR count). The average Bonchev–Trinajstić information content (AvgIpc) is 2.71. The van der Waals surface area contributed by atoms with E-state index in [0.717, 1.165) is 12.1 Å². The Labute approximate surface area is 102 Å². The van der Waals surface area contributed by atoms with Gasteiger partial charge in [-0.2, -0.15) is 0 Å². The largest absolute Gasteiger partial charge is 0.485 e. The van der Waals surface area contributed by atoms with Crippen LogP contribution in [-0.2, 0) is 13.7 Å². The highest BCUT2D eigenvalue weighted by Gasteiger charge is 2.09. The molecule has 0 aliphatic heterocycles. The molecule has 0 aliphatic rings. The predicted molar refractivity (Wildman–Crippen MR) is 58.7 cm³/mol. The van der Waals surface area contributed by atoms with E-state index in [4.69, 9.17) is 9.84 Å². The third kappa shape index (κ3) is 2.62. The second kappa shape index (κ2) is 4.82. The molecule has 7 heteroatoms. The lowest BCUT2D eigenvalue weighted by Gasteiger charge is -2.06. The first-order valence-electron chi connectivity index (χ1n) is 5.06. The number of hydrogen-bond donors (Lipinski definition) is 1. The fourth-order valence-corrected chi connectivity index (χ4v) is 1.36. The number of carboxylic acids is 1. The molecule has 0 aliphatic carbocycles. The summed E-state index contributed by atoms with van der Waals surface area (Å²) >= 11 is 0. The number of aromatic nitrogens is 3. The van der Waals surface area contributed by atoms with Gasteiger partial charge < -0.3 is 14.4 Å². The quantitative estimate of drug-likeness (QED) is 0.884. The number of hydrogen-bond acceptors (Lipinski definition) is 4. The monoisotopic (exact) mass is 251 g/mol. The molecular formula is C11H10FN3O3. The standard InChI is InChI=1S/C11H10FN3O3/c1-15-6-13-14-10(15)5-18-9-3-7(11(16)17)2-8(12)4-9/h2-4,6H,5H2,1H3,(H,16,17). The lowest BCUT2D eigenvalue weighted by Crippen LogP contribution is -2.04. The molecule has 94 valence electrons. The Kier molecular flexibility index (Phi) is 3.22. The van der Waals surface area contributed by atoms with Crippen molar-refractivity contribution in [2.45, 2.75) is 6.61 Å². The maximum Gasteiger partial charge on any atom is 0.335 e. The summed E-state index contributed by atoms with van der Waals surface area (Å²) in [5.74, 6) is -1.19. The third-order valence-corrected chi connectivity index (χ3v) is 2.29. The maximum atomic E-state index is 13.2. The Hall–Kier alpha value is -2.44. The van der Waals surface area contributed by atoms with Crippen LogP contribution in [0.15, 0.2) is 24.5 Å². The number of ether oxygens (including phenoxy) is 1. The van der Waals surface area contributed by atoms with Crippen molar-refractivity contribution in [3.63, 3.8) is 0 Å². The lowest BCUT2D eigenvalue weighted by atomic mass is 10.2. The number of aryl methyl sites for hydroxylation is 1. The van der Waals surface area contributed by atoms with E-state index < -0.39 is 11.8 Å². The van der Waals surface area contributed by atoms with Crippen molar-refractivity contribution < 1.29 is 19.0 Å². The van der Waals surface area contributed by atoms with Gasteiger partial charge in [-0.3, -0.25) is 0 Å². The van der Waals surface area contributed by atoms with Crippen LogP contribution in [0.2, 0.25) is 0 Å². The van der Waals surface area contributed by atoms with E-state index in [2.05, 4.69) is 10.2 Å². The van der Waals surface area contributed by atoms with Gasteiger partial charge >= 0.3 is 5.97 Å². The minimum atomic E-state index is -1.21. The molecular weight excluding hydrogens is 241 g/mol. The predicted octanol–water partition coefficient (Wildman–Crippen LogP) is 1.23. The Bertz CT molecular complexity index is 583. The molecule has 1 aromatic heterocycles. The third-order valence-electron chi connectivity index (χ3n) is 2.29. The van der Waals surface area contributed by atoms with E-state index in [1.165, 1.54) is 12.4 Å². The highest BCUT2D eigenvalue weighted by molar-refractivity contribution is 5.88. The molecule has 2 aromatic rings. The zero-order chi connectivity index (χ0) is 13.1. The molecule has 0 saturated carbocycles. The van der Waals surface area contributed by atoms with Gasteiger partial charge in [0.1, 0.15) is 24.5 Å². The SMILES string of the molecule is Cn1cnnc1COc1cc(F)cc(C(=O)O)c1. The van der Waals surface area contributed by atoms with Crippen LogP contribution in [0.5, 0.6) is 5.75 Å². The van der Waals surface area contributed by atoms with E-state index in [9.17, 15) is 9.18 Å². The summed E-state index contributed by atoms with van der Waals surface area (Å²) in [5, 5.41) is 16.2. The van der Waals surface area contributed by atoms with Gasteiger partial charge in [0.25, 0.3) is 0 Å². The molecule has 0 radical (unpaired) electrons. The molecule has 0 atom stereocenters. The number of aromatic carboxylic acids is 1. The van der Waals surface area contributed by atoms with Gasteiger partial charge in [-0.25, -0.2) is 9.18 Å². The number of rotatable bonds is 4. The van der Waals surface area contributed by atoms with Crippen molar-refractivity contribution in [3.05, 3.63) is 41.7 Å². The van der Waals surface area contributed by atoms with E-state index in [-0.39, 0.29) is 17.9 Å². The number of nitrogens with zero attached hydrogens (tertiary/aromatic N) is 3. The molecule has 0 fully saturated rings. The van der Waals surface area contributed by atoms with Crippen LogP contribution in [0.25, 0.3) is 0 Å². The number of benzene rings is 1. The summed E-state index contributed by atoms with van der Waals surface area (Å²) in [4.78, 5) is 10.7. The Balaban J connectivity index is 2.14. The first-order chi connectivity index (χ1) is 8.56. The van der Waals surface area contributed by atoms with E-state index in [0.29, 0.717) is 5.82 Å². The highest BCUT2D eigenvalue weighted by atomic mass is 19.1. The van der Waals surface area contributed by atoms with Crippen molar-refractivity contribution >= 4 is 5.97 Å². The molecule has 1 N–H and O–H groups in total. The van der Waals surface area contributed by atoms with Crippen LogP contribution in [0, 0.1) is 5.82 Å². The van der Waals surface area contributed by atoms with Gasteiger partial charge in [0.15, 0.2) is 5.82 Å². The summed E-state index contributed by atoms with van der Waals surface area (Å²) < 4.78 is 20.1. The molecule has 1 aromatic carbocycles. The van der Waals surface area contributed by atoms with Gasteiger partial charge in [-0.05, 0) is 12.1 Å². The Morgan fingerprint density at radius 3 is 2.89 bits per heavy atom. The minimum absolute atomic E-state index is 0.0824. The van der Waals surface area contributed by atoms with Gasteiger partial charge in [-0.1, -0.05) is 0 Å². The van der Waals surface area contributed by atoms with Crippen molar-refractivity contribution in [2.24, 2.45) is 7.05 Å².